The van der Waals surface area contributed by atoms with Gasteiger partial charge < -0.3 is 9.13 Å². The number of benzene rings is 10. The van der Waals surface area contributed by atoms with E-state index in [2.05, 4.69) is 185 Å². The van der Waals surface area contributed by atoms with Gasteiger partial charge in [-0.2, -0.15) is 0 Å². The fraction of sp³-hybridized carbons (Fsp3) is 0. The van der Waals surface area contributed by atoms with Crippen LogP contribution in [0.4, 0.5) is 0 Å². The lowest BCUT2D eigenvalue weighted by atomic mass is 10.0. The Labute approximate surface area is 356 Å². The highest BCUT2D eigenvalue weighted by Gasteiger charge is 2.20. The lowest BCUT2D eigenvalue weighted by molar-refractivity contribution is 1.07. The number of aromatic nitrogens is 5. The second-order valence-corrected chi connectivity index (χ2v) is 16.1. The van der Waals surface area contributed by atoms with Gasteiger partial charge in [0.1, 0.15) is 0 Å². The van der Waals surface area contributed by atoms with Crippen molar-refractivity contribution in [2.24, 2.45) is 0 Å². The van der Waals surface area contributed by atoms with E-state index in [1.807, 2.05) is 36.4 Å². The summed E-state index contributed by atoms with van der Waals surface area (Å²) < 4.78 is 4.84. The normalized spacial score (nSPS) is 11.9. The quantitative estimate of drug-likeness (QED) is 0.174. The summed E-state index contributed by atoms with van der Waals surface area (Å²) >= 11 is 0. The van der Waals surface area contributed by atoms with E-state index in [-0.39, 0.29) is 0 Å². The molecular weight excluding hydrogens is 755 g/mol. The number of fused-ring (bicyclic) bond motifs is 9. The molecule has 0 fully saturated rings. The molecule has 5 heteroatoms. The number of hydrogen-bond donors (Lipinski definition) is 0. The van der Waals surface area contributed by atoms with Crippen LogP contribution in [-0.4, -0.2) is 24.1 Å². The zero-order chi connectivity index (χ0) is 40.7. The maximum absolute atomic E-state index is 5.20. The molecule has 13 rings (SSSR count). The molecule has 0 spiro atoms. The van der Waals surface area contributed by atoms with Gasteiger partial charge in [0.15, 0.2) is 17.5 Å². The predicted octanol–water partition coefficient (Wildman–Crippen LogP) is 14.5. The van der Waals surface area contributed by atoms with Gasteiger partial charge >= 0.3 is 0 Å². The maximum Gasteiger partial charge on any atom is 0.164 e. The van der Waals surface area contributed by atoms with Crippen LogP contribution in [0.15, 0.2) is 212 Å². The van der Waals surface area contributed by atoms with E-state index in [9.17, 15) is 0 Å². The van der Waals surface area contributed by atoms with Crippen molar-refractivity contribution in [2.75, 3.05) is 0 Å². The van der Waals surface area contributed by atoms with Crippen LogP contribution in [0, 0.1) is 0 Å². The van der Waals surface area contributed by atoms with Crippen LogP contribution < -0.4 is 0 Å². The summed E-state index contributed by atoms with van der Waals surface area (Å²) in [5.74, 6) is 1.91. The van der Waals surface area contributed by atoms with Crippen molar-refractivity contribution in [2.45, 2.75) is 0 Å². The van der Waals surface area contributed by atoms with Crippen molar-refractivity contribution < 1.29 is 0 Å². The van der Waals surface area contributed by atoms with Crippen molar-refractivity contribution >= 4 is 75.9 Å². The SMILES string of the molecule is c1ccc(-c2nc(-c3ccccc3)nc(-c3cc(-n4c5ccccc5c5cc6ccc(-n7c8ccccc8c8cc9ccccc9cc87)cc6cc54)cc4ccccc34)n2)cc1. The first-order chi connectivity index (χ1) is 30.7. The smallest absolute Gasteiger partial charge is 0.164 e. The van der Waals surface area contributed by atoms with Crippen LogP contribution in [-0.2, 0) is 0 Å². The van der Waals surface area contributed by atoms with Gasteiger partial charge in [0.25, 0.3) is 0 Å². The zero-order valence-corrected chi connectivity index (χ0v) is 33.4. The summed E-state index contributed by atoms with van der Waals surface area (Å²) in [4.78, 5) is 15.4. The molecule has 0 saturated carbocycles. The van der Waals surface area contributed by atoms with E-state index in [4.69, 9.17) is 15.0 Å². The van der Waals surface area contributed by atoms with Crippen molar-refractivity contribution in [3.8, 4) is 45.5 Å². The average Bonchev–Trinajstić information content (AvgIpc) is 3.84. The van der Waals surface area contributed by atoms with E-state index in [1.165, 1.54) is 54.1 Å². The Bertz CT molecular complexity index is 3860. The molecule has 3 heterocycles. The van der Waals surface area contributed by atoms with Crippen LogP contribution >= 0.6 is 0 Å². The average molecular weight is 790 g/mol. The highest BCUT2D eigenvalue weighted by molar-refractivity contribution is 6.16. The van der Waals surface area contributed by atoms with Gasteiger partial charge in [-0.15, -0.1) is 0 Å². The van der Waals surface area contributed by atoms with Gasteiger partial charge in [0, 0.05) is 49.6 Å². The minimum atomic E-state index is 0.630. The number of hydrogen-bond acceptors (Lipinski definition) is 3. The van der Waals surface area contributed by atoms with Gasteiger partial charge in [0.2, 0.25) is 0 Å². The lowest BCUT2D eigenvalue weighted by Gasteiger charge is -2.15. The molecular formula is C57H35N5. The Kier molecular flexibility index (Phi) is 7.54. The summed E-state index contributed by atoms with van der Waals surface area (Å²) in [5, 5.41) is 11.9. The van der Waals surface area contributed by atoms with Gasteiger partial charge in [0.05, 0.1) is 22.1 Å². The van der Waals surface area contributed by atoms with Crippen LogP contribution in [0.5, 0.6) is 0 Å². The number of nitrogens with zero attached hydrogens (tertiary/aromatic N) is 5. The third kappa shape index (κ3) is 5.38. The van der Waals surface area contributed by atoms with Crippen LogP contribution in [0.2, 0.25) is 0 Å². The molecule has 0 aliphatic rings. The second-order valence-electron chi connectivity index (χ2n) is 16.1. The Morgan fingerprint density at radius 2 is 0.710 bits per heavy atom. The molecule has 0 aliphatic heterocycles. The van der Waals surface area contributed by atoms with Crippen LogP contribution in [0.3, 0.4) is 0 Å². The monoisotopic (exact) mass is 789 g/mol. The van der Waals surface area contributed by atoms with Crippen molar-refractivity contribution in [1.29, 1.82) is 0 Å². The molecule has 0 aliphatic carbocycles. The van der Waals surface area contributed by atoms with Crippen LogP contribution in [0.25, 0.3) is 121 Å². The van der Waals surface area contributed by atoms with E-state index >= 15 is 0 Å². The summed E-state index contributed by atoms with van der Waals surface area (Å²) in [5.41, 5.74) is 9.67. The first kappa shape index (κ1) is 34.5. The van der Waals surface area contributed by atoms with E-state index < -0.39 is 0 Å². The second kappa shape index (κ2) is 13.6. The number of rotatable bonds is 5. The Morgan fingerprint density at radius 3 is 1.34 bits per heavy atom. The minimum Gasteiger partial charge on any atom is -0.309 e. The number of para-hydroxylation sites is 2. The zero-order valence-electron chi connectivity index (χ0n) is 33.4. The van der Waals surface area contributed by atoms with E-state index in [0.717, 1.165) is 49.9 Å². The maximum atomic E-state index is 5.20. The van der Waals surface area contributed by atoms with Gasteiger partial charge in [-0.1, -0.05) is 152 Å². The highest BCUT2D eigenvalue weighted by Crippen LogP contribution is 2.40. The molecule has 0 saturated heterocycles. The minimum absolute atomic E-state index is 0.630. The fourth-order valence-electron chi connectivity index (χ4n) is 9.59. The first-order valence-electron chi connectivity index (χ1n) is 21.0. The van der Waals surface area contributed by atoms with E-state index in [0.29, 0.717) is 17.5 Å². The molecule has 0 amide bonds. The fourth-order valence-corrected chi connectivity index (χ4v) is 9.59. The van der Waals surface area contributed by atoms with Gasteiger partial charge in [-0.05, 0) is 93.0 Å². The molecule has 0 radical (unpaired) electrons. The Balaban J connectivity index is 1.05. The summed E-state index contributed by atoms with van der Waals surface area (Å²) in [6.45, 7) is 0. The third-order valence-electron chi connectivity index (χ3n) is 12.5. The molecule has 10 aromatic carbocycles. The van der Waals surface area contributed by atoms with Gasteiger partial charge in [-0.25, -0.2) is 15.0 Å². The van der Waals surface area contributed by atoms with Crippen molar-refractivity contribution in [3.05, 3.63) is 212 Å². The molecule has 0 bridgehead atoms. The molecule has 288 valence electrons. The molecule has 5 nitrogen and oxygen atoms in total. The largest absolute Gasteiger partial charge is 0.309 e. The van der Waals surface area contributed by atoms with Gasteiger partial charge in [-0.3, -0.25) is 0 Å². The standard InChI is InChI=1S/C57H35N5/c1-3-15-36(16-4-1)55-58-56(37-17-5-2-6-18-37)60-57(59-55)50-35-44(29-41-21-9-10-22-45(41)50)62-52-26-14-12-24-47(52)49-32-40-27-28-43(30-42(40)34-54(49)62)61-51-25-13-11-23-46(51)48-31-38-19-7-8-20-39(38)33-53(48)61/h1-35H. The molecule has 3 aromatic heterocycles. The molecule has 13 aromatic rings. The molecule has 0 N–H and O–H groups in total. The third-order valence-corrected chi connectivity index (χ3v) is 12.5. The van der Waals surface area contributed by atoms with Crippen LogP contribution in [0.1, 0.15) is 0 Å². The Morgan fingerprint density at radius 1 is 0.258 bits per heavy atom. The topological polar surface area (TPSA) is 48.5 Å². The molecule has 0 atom stereocenters. The molecule has 0 unspecified atom stereocenters. The highest BCUT2D eigenvalue weighted by atomic mass is 15.0. The first-order valence-corrected chi connectivity index (χ1v) is 21.0. The molecule has 62 heavy (non-hydrogen) atoms. The van der Waals surface area contributed by atoms with Crippen molar-refractivity contribution in [1.82, 2.24) is 24.1 Å². The summed E-state index contributed by atoms with van der Waals surface area (Å²) in [6, 6.07) is 75.9. The summed E-state index contributed by atoms with van der Waals surface area (Å²) in [7, 11) is 0. The lowest BCUT2D eigenvalue weighted by Crippen LogP contribution is -2.02. The predicted molar refractivity (Wildman–Crippen MR) is 257 cm³/mol. The summed E-state index contributed by atoms with van der Waals surface area (Å²) in [6.07, 6.45) is 0. The Hall–Kier alpha value is -8.41. The van der Waals surface area contributed by atoms with Crippen molar-refractivity contribution in [3.63, 3.8) is 0 Å². The van der Waals surface area contributed by atoms with E-state index in [1.54, 1.807) is 0 Å².